The maximum atomic E-state index is 13.3. The van der Waals surface area contributed by atoms with Gasteiger partial charge in [0, 0.05) is 26.0 Å². The van der Waals surface area contributed by atoms with Crippen LogP contribution in [0.15, 0.2) is 17.1 Å². The van der Waals surface area contributed by atoms with Gasteiger partial charge in [-0.3, -0.25) is 4.99 Å². The Kier molecular flexibility index (Phi) is 6.04. The van der Waals surface area contributed by atoms with Crippen molar-refractivity contribution in [3.05, 3.63) is 28.5 Å². The van der Waals surface area contributed by atoms with Gasteiger partial charge < -0.3 is 14.2 Å². The zero-order valence-corrected chi connectivity index (χ0v) is 11.2. The molecule has 18 heavy (non-hydrogen) atoms. The number of rotatable bonds is 6. The molecule has 0 aliphatic rings. The predicted octanol–water partition coefficient (Wildman–Crippen LogP) is 2.53. The molecule has 0 aliphatic carbocycles. The molecule has 0 bridgehead atoms. The van der Waals surface area contributed by atoms with Crippen molar-refractivity contribution >= 4 is 17.8 Å². The average molecular weight is 276 g/mol. The van der Waals surface area contributed by atoms with Gasteiger partial charge in [-0.1, -0.05) is 11.6 Å². The third-order valence-corrected chi connectivity index (χ3v) is 2.61. The van der Waals surface area contributed by atoms with Gasteiger partial charge >= 0.3 is 0 Å². The topological polar surface area (TPSA) is 40.0 Å². The second kappa shape index (κ2) is 7.31. The molecular weight excluding hydrogens is 261 g/mol. The minimum atomic E-state index is -0.508. The standard InChI is InChI=1S/C12H15ClFNO3/c1-16-11-4-8(9(13)5-10(11)14)6-15-7-12(17-2)18-3/h4-6,12H,7H2,1-3H3. The smallest absolute Gasteiger partial charge is 0.176 e. The van der Waals surface area contributed by atoms with Gasteiger partial charge in [0.1, 0.15) is 0 Å². The summed E-state index contributed by atoms with van der Waals surface area (Å²) < 4.78 is 28.1. The first-order valence-electron chi connectivity index (χ1n) is 5.20. The molecule has 0 unspecified atom stereocenters. The summed E-state index contributed by atoms with van der Waals surface area (Å²) in [5, 5.41) is 0.267. The summed E-state index contributed by atoms with van der Waals surface area (Å²) in [6.45, 7) is 0.322. The lowest BCUT2D eigenvalue weighted by atomic mass is 10.2. The van der Waals surface area contributed by atoms with E-state index in [1.807, 2.05) is 0 Å². The molecule has 0 atom stereocenters. The van der Waals surface area contributed by atoms with E-state index in [-0.39, 0.29) is 10.8 Å². The Morgan fingerprint density at radius 1 is 1.33 bits per heavy atom. The van der Waals surface area contributed by atoms with E-state index < -0.39 is 12.1 Å². The maximum absolute atomic E-state index is 13.3. The number of halogens is 2. The summed E-state index contributed by atoms with van der Waals surface area (Å²) in [7, 11) is 4.44. The molecule has 1 aromatic rings. The van der Waals surface area contributed by atoms with E-state index in [0.717, 1.165) is 0 Å². The van der Waals surface area contributed by atoms with Crippen LogP contribution in [0.4, 0.5) is 4.39 Å². The minimum absolute atomic E-state index is 0.121. The van der Waals surface area contributed by atoms with Crippen LogP contribution in [0.5, 0.6) is 5.75 Å². The van der Waals surface area contributed by atoms with Crippen molar-refractivity contribution in [2.24, 2.45) is 4.99 Å². The lowest BCUT2D eigenvalue weighted by Crippen LogP contribution is -2.16. The lowest BCUT2D eigenvalue weighted by Gasteiger charge is -2.09. The molecule has 0 saturated heterocycles. The van der Waals surface area contributed by atoms with Crippen molar-refractivity contribution < 1.29 is 18.6 Å². The van der Waals surface area contributed by atoms with Crippen molar-refractivity contribution in [3.63, 3.8) is 0 Å². The quantitative estimate of drug-likeness (QED) is 0.592. The Labute approximate surface area is 110 Å². The number of aliphatic imine (C=N–C) groups is 1. The first kappa shape index (κ1) is 14.9. The molecule has 6 heteroatoms. The normalized spacial score (nSPS) is 11.4. The third-order valence-electron chi connectivity index (χ3n) is 2.28. The highest BCUT2D eigenvalue weighted by Crippen LogP contribution is 2.24. The van der Waals surface area contributed by atoms with E-state index in [2.05, 4.69) is 4.99 Å². The van der Waals surface area contributed by atoms with Gasteiger partial charge in [0.05, 0.1) is 18.7 Å². The van der Waals surface area contributed by atoms with Crippen molar-refractivity contribution in [1.82, 2.24) is 0 Å². The highest BCUT2D eigenvalue weighted by molar-refractivity contribution is 6.33. The van der Waals surface area contributed by atoms with Gasteiger partial charge in [0.2, 0.25) is 0 Å². The summed E-state index contributed by atoms with van der Waals surface area (Å²) in [5.41, 5.74) is 0.570. The van der Waals surface area contributed by atoms with E-state index in [4.69, 9.17) is 25.8 Å². The Bertz CT molecular complexity index is 422. The van der Waals surface area contributed by atoms with Gasteiger partial charge in [0.25, 0.3) is 0 Å². The number of hydrogen-bond donors (Lipinski definition) is 0. The number of ether oxygens (including phenoxy) is 3. The van der Waals surface area contributed by atoms with E-state index in [0.29, 0.717) is 12.1 Å². The Morgan fingerprint density at radius 2 is 2.00 bits per heavy atom. The summed E-state index contributed by atoms with van der Waals surface area (Å²) in [5.74, 6) is -0.387. The molecule has 0 radical (unpaired) electrons. The van der Waals surface area contributed by atoms with E-state index in [1.165, 1.54) is 39.7 Å². The molecule has 0 saturated carbocycles. The van der Waals surface area contributed by atoms with Crippen LogP contribution in [0.2, 0.25) is 5.02 Å². The van der Waals surface area contributed by atoms with Crippen molar-refractivity contribution in [1.29, 1.82) is 0 Å². The van der Waals surface area contributed by atoms with Crippen LogP contribution in [0.1, 0.15) is 5.56 Å². The zero-order valence-electron chi connectivity index (χ0n) is 10.4. The fraction of sp³-hybridized carbons (Fsp3) is 0.417. The number of nitrogens with zero attached hydrogens (tertiary/aromatic N) is 1. The Morgan fingerprint density at radius 3 is 2.56 bits per heavy atom. The van der Waals surface area contributed by atoms with Crippen LogP contribution in [-0.4, -0.2) is 40.4 Å². The Hall–Kier alpha value is -1.17. The first-order chi connectivity index (χ1) is 8.62. The average Bonchev–Trinajstić information content (AvgIpc) is 2.37. The molecule has 1 aromatic carbocycles. The fourth-order valence-electron chi connectivity index (χ4n) is 1.28. The second-order valence-electron chi connectivity index (χ2n) is 3.40. The van der Waals surface area contributed by atoms with Crippen LogP contribution in [0, 0.1) is 5.82 Å². The number of hydrogen-bond acceptors (Lipinski definition) is 4. The first-order valence-corrected chi connectivity index (χ1v) is 5.58. The second-order valence-corrected chi connectivity index (χ2v) is 3.81. The molecule has 0 fully saturated rings. The summed E-state index contributed by atoms with van der Waals surface area (Å²) >= 11 is 5.89. The van der Waals surface area contributed by atoms with Crippen molar-refractivity contribution in [2.75, 3.05) is 27.9 Å². The minimum Gasteiger partial charge on any atom is -0.494 e. The SMILES string of the molecule is COc1cc(C=NCC(OC)OC)c(Cl)cc1F. The molecule has 1 rings (SSSR count). The van der Waals surface area contributed by atoms with E-state index in [1.54, 1.807) is 0 Å². The lowest BCUT2D eigenvalue weighted by molar-refractivity contribution is -0.0936. The molecule has 100 valence electrons. The van der Waals surface area contributed by atoms with Crippen LogP contribution in [0.3, 0.4) is 0 Å². The number of methoxy groups -OCH3 is 3. The molecule has 0 aromatic heterocycles. The predicted molar refractivity (Wildman–Crippen MR) is 68.2 cm³/mol. The fourth-order valence-corrected chi connectivity index (χ4v) is 1.48. The van der Waals surface area contributed by atoms with Gasteiger partial charge in [-0.15, -0.1) is 0 Å². The van der Waals surface area contributed by atoms with Gasteiger partial charge in [-0.05, 0) is 12.1 Å². The van der Waals surface area contributed by atoms with Gasteiger partial charge in [-0.2, -0.15) is 0 Å². The van der Waals surface area contributed by atoms with Crippen molar-refractivity contribution in [3.8, 4) is 5.75 Å². The van der Waals surface area contributed by atoms with E-state index in [9.17, 15) is 4.39 Å². The van der Waals surface area contributed by atoms with Crippen LogP contribution in [-0.2, 0) is 9.47 Å². The van der Waals surface area contributed by atoms with Gasteiger partial charge in [0.15, 0.2) is 17.9 Å². The zero-order chi connectivity index (χ0) is 13.5. The highest BCUT2D eigenvalue weighted by Gasteiger charge is 2.08. The maximum Gasteiger partial charge on any atom is 0.176 e. The molecule has 0 heterocycles. The van der Waals surface area contributed by atoms with Crippen LogP contribution in [0.25, 0.3) is 0 Å². The highest BCUT2D eigenvalue weighted by atomic mass is 35.5. The third kappa shape index (κ3) is 3.94. The summed E-state index contributed by atoms with van der Waals surface area (Å²) in [6.07, 6.45) is 1.11. The molecular formula is C12H15ClFNO3. The van der Waals surface area contributed by atoms with Crippen molar-refractivity contribution in [2.45, 2.75) is 6.29 Å². The summed E-state index contributed by atoms with van der Waals surface area (Å²) in [6, 6.07) is 2.67. The molecule has 0 amide bonds. The molecule has 4 nitrogen and oxygen atoms in total. The molecule has 0 spiro atoms. The largest absolute Gasteiger partial charge is 0.494 e. The molecule has 0 N–H and O–H groups in total. The van der Waals surface area contributed by atoms with Gasteiger partial charge in [-0.25, -0.2) is 4.39 Å². The Balaban J connectivity index is 2.80. The number of benzene rings is 1. The monoisotopic (exact) mass is 275 g/mol. The van der Waals surface area contributed by atoms with Crippen LogP contribution < -0.4 is 4.74 Å². The summed E-state index contributed by atoms with van der Waals surface area (Å²) in [4.78, 5) is 4.11. The molecule has 0 aliphatic heterocycles. The van der Waals surface area contributed by atoms with Crippen LogP contribution >= 0.6 is 11.6 Å². The van der Waals surface area contributed by atoms with E-state index >= 15 is 0 Å².